The molecule has 0 radical (unpaired) electrons. The maximum atomic E-state index is 5.58. The van der Waals surface area contributed by atoms with Gasteiger partial charge in [0.15, 0.2) is 0 Å². The van der Waals surface area contributed by atoms with Crippen LogP contribution >= 0.6 is 0 Å². The molecule has 8 heteroatoms. The molecule has 134 valence electrons. The van der Waals surface area contributed by atoms with Gasteiger partial charge in [-0.3, -0.25) is 4.90 Å². The molecule has 0 aliphatic rings. The Labute approximate surface area is 135 Å². The lowest BCUT2D eigenvalue weighted by molar-refractivity contribution is 0.288. The molecule has 0 amide bonds. The first-order chi connectivity index (χ1) is 10.8. The SMILES string of the molecule is NCCNCCNCCNCCNCCN(CCN)CCN. The average molecular weight is 319 g/mol. The van der Waals surface area contributed by atoms with Crippen LogP contribution in [0.2, 0.25) is 0 Å². The Balaban J connectivity index is 3.16. The van der Waals surface area contributed by atoms with Crippen molar-refractivity contribution in [3.8, 4) is 0 Å². The monoisotopic (exact) mass is 318 g/mol. The van der Waals surface area contributed by atoms with E-state index in [1.54, 1.807) is 0 Å². The molecule has 8 nitrogen and oxygen atoms in total. The quantitative estimate of drug-likeness (QED) is 0.130. The van der Waals surface area contributed by atoms with Gasteiger partial charge in [-0.25, -0.2) is 0 Å². The molecule has 0 unspecified atom stereocenters. The van der Waals surface area contributed by atoms with Gasteiger partial charge in [0.25, 0.3) is 0 Å². The summed E-state index contributed by atoms with van der Waals surface area (Å²) in [6.45, 7) is 12.7. The van der Waals surface area contributed by atoms with E-state index in [1.807, 2.05) is 0 Å². The summed E-state index contributed by atoms with van der Waals surface area (Å²) in [5.41, 5.74) is 16.5. The second kappa shape index (κ2) is 18.7. The van der Waals surface area contributed by atoms with Gasteiger partial charge in [-0.2, -0.15) is 0 Å². The molecule has 0 saturated carbocycles. The highest BCUT2D eigenvalue weighted by Crippen LogP contribution is 1.83. The van der Waals surface area contributed by atoms with E-state index in [1.165, 1.54) is 0 Å². The lowest BCUT2D eigenvalue weighted by Gasteiger charge is -2.20. The van der Waals surface area contributed by atoms with E-state index in [0.717, 1.165) is 72.0 Å². The first-order valence-electron chi connectivity index (χ1n) is 8.50. The molecule has 0 bridgehead atoms. The topological polar surface area (TPSA) is 129 Å². The number of hydrogen-bond donors (Lipinski definition) is 7. The maximum absolute atomic E-state index is 5.58. The highest BCUT2D eigenvalue weighted by atomic mass is 15.1. The van der Waals surface area contributed by atoms with Gasteiger partial charge in [0.05, 0.1) is 0 Å². The van der Waals surface area contributed by atoms with Crippen LogP contribution in [0.5, 0.6) is 0 Å². The Hall–Kier alpha value is -0.320. The standard InChI is InChI=1S/C14H38N8/c15-1-4-18-5-6-19-7-8-20-9-10-21-11-14-22(12-2-16)13-3-17/h18-21H,1-17H2. The summed E-state index contributed by atoms with van der Waals surface area (Å²) in [6.07, 6.45) is 0. The number of nitrogens with two attached hydrogens (primary N) is 3. The fourth-order valence-corrected chi connectivity index (χ4v) is 2.07. The zero-order valence-electron chi connectivity index (χ0n) is 14.1. The van der Waals surface area contributed by atoms with E-state index in [2.05, 4.69) is 26.2 Å². The zero-order valence-corrected chi connectivity index (χ0v) is 14.1. The summed E-state index contributed by atoms with van der Waals surface area (Å²) in [5.74, 6) is 0. The smallest absolute Gasteiger partial charge is 0.0108 e. The minimum atomic E-state index is 0.691. The van der Waals surface area contributed by atoms with Crippen molar-refractivity contribution in [1.82, 2.24) is 26.2 Å². The van der Waals surface area contributed by atoms with E-state index in [9.17, 15) is 0 Å². The van der Waals surface area contributed by atoms with Crippen LogP contribution in [0.4, 0.5) is 0 Å². The third kappa shape index (κ3) is 16.1. The van der Waals surface area contributed by atoms with E-state index in [0.29, 0.717) is 19.6 Å². The molecule has 22 heavy (non-hydrogen) atoms. The van der Waals surface area contributed by atoms with Gasteiger partial charge in [-0.05, 0) is 0 Å². The fourth-order valence-electron chi connectivity index (χ4n) is 2.07. The first-order valence-corrected chi connectivity index (χ1v) is 8.50. The molecule has 0 atom stereocenters. The van der Waals surface area contributed by atoms with Crippen molar-refractivity contribution in [2.75, 3.05) is 91.6 Å². The molecule has 10 N–H and O–H groups in total. The van der Waals surface area contributed by atoms with Crippen molar-refractivity contribution in [2.45, 2.75) is 0 Å². The number of rotatable bonds is 18. The van der Waals surface area contributed by atoms with Crippen molar-refractivity contribution >= 4 is 0 Å². The summed E-state index contributed by atoms with van der Waals surface area (Å²) in [4.78, 5) is 2.29. The molecule has 0 spiro atoms. The largest absolute Gasteiger partial charge is 0.329 e. The summed E-state index contributed by atoms with van der Waals surface area (Å²) in [5, 5.41) is 13.5. The predicted octanol–water partition coefficient (Wildman–Crippen LogP) is -3.48. The molecular weight excluding hydrogens is 280 g/mol. The Morgan fingerprint density at radius 1 is 0.455 bits per heavy atom. The summed E-state index contributed by atoms with van der Waals surface area (Å²) >= 11 is 0. The van der Waals surface area contributed by atoms with Gasteiger partial charge < -0.3 is 38.5 Å². The van der Waals surface area contributed by atoms with Gasteiger partial charge in [-0.15, -0.1) is 0 Å². The Kier molecular flexibility index (Phi) is 18.5. The number of nitrogens with one attached hydrogen (secondary N) is 4. The zero-order chi connectivity index (χ0) is 16.3. The number of nitrogens with zero attached hydrogens (tertiary/aromatic N) is 1. The van der Waals surface area contributed by atoms with Crippen molar-refractivity contribution in [1.29, 1.82) is 0 Å². The van der Waals surface area contributed by atoms with E-state index < -0.39 is 0 Å². The van der Waals surface area contributed by atoms with Gasteiger partial charge in [0, 0.05) is 91.6 Å². The van der Waals surface area contributed by atoms with Gasteiger partial charge in [0.1, 0.15) is 0 Å². The van der Waals surface area contributed by atoms with Crippen LogP contribution in [-0.2, 0) is 0 Å². The van der Waals surface area contributed by atoms with Crippen LogP contribution < -0.4 is 38.5 Å². The van der Waals surface area contributed by atoms with Gasteiger partial charge >= 0.3 is 0 Å². The molecule has 0 rings (SSSR count). The van der Waals surface area contributed by atoms with Gasteiger partial charge in [0.2, 0.25) is 0 Å². The molecule has 0 aromatic heterocycles. The Bertz CT molecular complexity index is 199. The van der Waals surface area contributed by atoms with Crippen LogP contribution in [0, 0.1) is 0 Å². The summed E-state index contributed by atoms with van der Waals surface area (Å²) in [6, 6.07) is 0. The fraction of sp³-hybridized carbons (Fsp3) is 1.00. The van der Waals surface area contributed by atoms with Crippen LogP contribution in [-0.4, -0.2) is 96.5 Å². The average Bonchev–Trinajstić information content (AvgIpc) is 2.52. The first kappa shape index (κ1) is 21.7. The molecule has 0 aliphatic heterocycles. The third-order valence-corrected chi connectivity index (χ3v) is 3.25. The Morgan fingerprint density at radius 2 is 0.864 bits per heavy atom. The van der Waals surface area contributed by atoms with Crippen LogP contribution in [0.15, 0.2) is 0 Å². The van der Waals surface area contributed by atoms with Crippen LogP contribution in [0.1, 0.15) is 0 Å². The van der Waals surface area contributed by atoms with Crippen molar-refractivity contribution < 1.29 is 0 Å². The maximum Gasteiger partial charge on any atom is 0.0108 e. The molecule has 0 aromatic carbocycles. The second-order valence-corrected chi connectivity index (χ2v) is 5.21. The lowest BCUT2D eigenvalue weighted by Crippen LogP contribution is -2.40. The van der Waals surface area contributed by atoms with E-state index in [4.69, 9.17) is 17.2 Å². The number of hydrogen-bond acceptors (Lipinski definition) is 8. The van der Waals surface area contributed by atoms with Crippen molar-refractivity contribution in [2.24, 2.45) is 17.2 Å². The minimum absolute atomic E-state index is 0.691. The summed E-state index contributed by atoms with van der Waals surface area (Å²) in [7, 11) is 0. The predicted molar refractivity (Wildman–Crippen MR) is 95.1 cm³/mol. The van der Waals surface area contributed by atoms with Gasteiger partial charge in [-0.1, -0.05) is 0 Å². The molecule has 0 fully saturated rings. The van der Waals surface area contributed by atoms with Crippen LogP contribution in [0.3, 0.4) is 0 Å². The molecule has 0 heterocycles. The van der Waals surface area contributed by atoms with Crippen molar-refractivity contribution in [3.05, 3.63) is 0 Å². The lowest BCUT2D eigenvalue weighted by atomic mass is 10.4. The molecule has 0 saturated heterocycles. The van der Waals surface area contributed by atoms with Crippen molar-refractivity contribution in [3.63, 3.8) is 0 Å². The highest BCUT2D eigenvalue weighted by Gasteiger charge is 2.01. The highest BCUT2D eigenvalue weighted by molar-refractivity contribution is 4.62. The normalized spacial score (nSPS) is 11.5. The third-order valence-electron chi connectivity index (χ3n) is 3.25. The minimum Gasteiger partial charge on any atom is -0.329 e. The molecule has 0 aliphatic carbocycles. The van der Waals surface area contributed by atoms with E-state index in [-0.39, 0.29) is 0 Å². The van der Waals surface area contributed by atoms with Crippen LogP contribution in [0.25, 0.3) is 0 Å². The Morgan fingerprint density at radius 3 is 1.27 bits per heavy atom. The molecule has 0 aromatic rings. The van der Waals surface area contributed by atoms with E-state index >= 15 is 0 Å². The molecular formula is C14H38N8. The summed E-state index contributed by atoms with van der Waals surface area (Å²) < 4.78 is 0. The second-order valence-electron chi connectivity index (χ2n) is 5.21.